The molecule has 1 heterocycles. The van der Waals surface area contributed by atoms with Crippen molar-refractivity contribution in [1.29, 1.82) is 0 Å². The smallest absolute Gasteiger partial charge is 0.331 e. The van der Waals surface area contributed by atoms with Crippen LogP contribution in [-0.4, -0.2) is 42.1 Å². The molecule has 1 aliphatic heterocycles. The van der Waals surface area contributed by atoms with E-state index in [2.05, 4.69) is 0 Å². The zero-order valence-corrected chi connectivity index (χ0v) is 12.2. The highest BCUT2D eigenvalue weighted by Crippen LogP contribution is 2.30. The highest BCUT2D eigenvalue weighted by atomic mass is 16.5. The van der Waals surface area contributed by atoms with Gasteiger partial charge in [-0.25, -0.2) is 4.79 Å². The monoisotopic (exact) mass is 291 g/mol. The largest absolute Gasteiger partial charge is 0.479 e. The topological polar surface area (TPSA) is 66.8 Å². The molecule has 1 aromatic rings. The number of carboxylic acids is 1. The Bertz CT molecular complexity index is 515. The summed E-state index contributed by atoms with van der Waals surface area (Å²) in [7, 11) is 1.63. The molecule has 0 spiro atoms. The molecule has 0 aromatic heterocycles. The minimum absolute atomic E-state index is 0.0898. The molecule has 5 nitrogen and oxygen atoms in total. The standard InChI is InChI=1S/C16H21NO4/c1-21-11-5-4-8-14(18)17-10-9-12-6-2-3-7-13(12)15(17)16(19)20/h2-3,6-7,15H,4-5,8-11H2,1H3,(H,19,20). The van der Waals surface area contributed by atoms with Gasteiger partial charge in [0.25, 0.3) is 0 Å². The van der Waals surface area contributed by atoms with Crippen molar-refractivity contribution in [3.8, 4) is 0 Å². The Labute approximate surface area is 124 Å². The van der Waals surface area contributed by atoms with Gasteiger partial charge in [0.15, 0.2) is 6.04 Å². The number of ether oxygens (including phenoxy) is 1. The summed E-state index contributed by atoms with van der Waals surface area (Å²) in [4.78, 5) is 25.4. The highest BCUT2D eigenvalue weighted by Gasteiger charge is 2.35. The number of rotatable bonds is 6. The molecule has 0 radical (unpaired) electrons. The minimum Gasteiger partial charge on any atom is -0.479 e. The fourth-order valence-electron chi connectivity index (χ4n) is 2.77. The van der Waals surface area contributed by atoms with E-state index in [9.17, 15) is 14.7 Å². The fourth-order valence-corrected chi connectivity index (χ4v) is 2.77. The number of nitrogens with zero attached hydrogens (tertiary/aromatic N) is 1. The van der Waals surface area contributed by atoms with Crippen molar-refractivity contribution >= 4 is 11.9 Å². The molecule has 114 valence electrons. The Kier molecular flexibility index (Phi) is 5.33. The zero-order chi connectivity index (χ0) is 15.2. The molecule has 21 heavy (non-hydrogen) atoms. The van der Waals surface area contributed by atoms with E-state index in [0.717, 1.165) is 24.0 Å². The molecular formula is C16H21NO4. The molecule has 0 saturated carbocycles. The molecule has 0 fully saturated rings. The van der Waals surface area contributed by atoms with Gasteiger partial charge in [0, 0.05) is 26.7 Å². The summed E-state index contributed by atoms with van der Waals surface area (Å²) in [5.74, 6) is -1.06. The normalized spacial score (nSPS) is 17.4. The second-order valence-corrected chi connectivity index (χ2v) is 5.23. The molecule has 1 amide bonds. The van der Waals surface area contributed by atoms with E-state index in [1.165, 1.54) is 4.90 Å². The highest BCUT2D eigenvalue weighted by molar-refractivity contribution is 5.85. The number of hydrogen-bond donors (Lipinski definition) is 1. The molecule has 1 unspecified atom stereocenters. The van der Waals surface area contributed by atoms with Crippen molar-refractivity contribution in [3.05, 3.63) is 35.4 Å². The van der Waals surface area contributed by atoms with Gasteiger partial charge in [-0.1, -0.05) is 24.3 Å². The lowest BCUT2D eigenvalue weighted by Gasteiger charge is -2.34. The Morgan fingerprint density at radius 2 is 2.10 bits per heavy atom. The van der Waals surface area contributed by atoms with Crippen LogP contribution in [-0.2, 0) is 20.7 Å². The number of hydrogen-bond acceptors (Lipinski definition) is 3. The summed E-state index contributed by atoms with van der Waals surface area (Å²) in [5.41, 5.74) is 1.76. The molecule has 1 N–H and O–H groups in total. The Morgan fingerprint density at radius 1 is 1.33 bits per heavy atom. The van der Waals surface area contributed by atoms with Crippen LogP contribution in [0, 0.1) is 0 Å². The van der Waals surface area contributed by atoms with Gasteiger partial charge in [-0.05, 0) is 30.4 Å². The molecule has 1 atom stereocenters. The first-order chi connectivity index (χ1) is 10.1. The van der Waals surface area contributed by atoms with Crippen molar-refractivity contribution in [2.45, 2.75) is 31.7 Å². The summed E-state index contributed by atoms with van der Waals surface area (Å²) in [6.45, 7) is 1.09. The second kappa shape index (κ2) is 7.22. The average molecular weight is 291 g/mol. The predicted octanol–water partition coefficient (Wildman–Crippen LogP) is 2.01. The molecule has 0 aliphatic carbocycles. The van der Waals surface area contributed by atoms with Gasteiger partial charge in [-0.15, -0.1) is 0 Å². The molecule has 0 saturated heterocycles. The first kappa shape index (κ1) is 15.5. The van der Waals surface area contributed by atoms with Crippen molar-refractivity contribution < 1.29 is 19.4 Å². The van der Waals surface area contributed by atoms with Crippen LogP contribution in [0.4, 0.5) is 0 Å². The van der Waals surface area contributed by atoms with Crippen LogP contribution in [0.15, 0.2) is 24.3 Å². The van der Waals surface area contributed by atoms with Crippen LogP contribution in [0.1, 0.15) is 36.4 Å². The van der Waals surface area contributed by atoms with E-state index >= 15 is 0 Å². The number of methoxy groups -OCH3 is 1. The third kappa shape index (κ3) is 3.61. The predicted molar refractivity (Wildman–Crippen MR) is 78.0 cm³/mol. The van der Waals surface area contributed by atoms with Crippen LogP contribution in [0.3, 0.4) is 0 Å². The van der Waals surface area contributed by atoms with Crippen molar-refractivity contribution in [2.75, 3.05) is 20.3 Å². The number of benzene rings is 1. The van der Waals surface area contributed by atoms with Gasteiger partial charge >= 0.3 is 5.97 Å². The van der Waals surface area contributed by atoms with Gasteiger partial charge in [-0.2, -0.15) is 0 Å². The van der Waals surface area contributed by atoms with Gasteiger partial charge in [0.1, 0.15) is 0 Å². The number of unbranched alkanes of at least 4 members (excludes halogenated alkanes) is 1. The van der Waals surface area contributed by atoms with E-state index in [0.29, 0.717) is 26.0 Å². The maximum atomic E-state index is 12.3. The summed E-state index contributed by atoms with van der Waals surface area (Å²) >= 11 is 0. The summed E-state index contributed by atoms with van der Waals surface area (Å²) in [6.07, 6.45) is 2.61. The number of fused-ring (bicyclic) bond motifs is 1. The third-order valence-electron chi connectivity index (χ3n) is 3.83. The van der Waals surface area contributed by atoms with E-state index in [4.69, 9.17) is 4.74 Å². The van der Waals surface area contributed by atoms with Gasteiger partial charge in [0.05, 0.1) is 0 Å². The summed E-state index contributed by atoms with van der Waals surface area (Å²) in [6, 6.07) is 6.61. The Hall–Kier alpha value is -1.88. The zero-order valence-electron chi connectivity index (χ0n) is 12.2. The SMILES string of the molecule is COCCCCC(=O)N1CCc2ccccc2C1C(=O)O. The lowest BCUT2D eigenvalue weighted by molar-refractivity contribution is -0.151. The maximum absolute atomic E-state index is 12.3. The van der Waals surface area contributed by atoms with Crippen LogP contribution < -0.4 is 0 Å². The van der Waals surface area contributed by atoms with Crippen LogP contribution in [0.2, 0.25) is 0 Å². The minimum atomic E-state index is -0.965. The summed E-state index contributed by atoms with van der Waals surface area (Å²) in [5, 5.41) is 9.50. The first-order valence-corrected chi connectivity index (χ1v) is 7.24. The second-order valence-electron chi connectivity index (χ2n) is 5.23. The number of carboxylic acid groups (broad SMARTS) is 1. The van der Waals surface area contributed by atoms with Gasteiger partial charge < -0.3 is 14.7 Å². The molecule has 1 aliphatic rings. The number of carbonyl (C=O) groups is 2. The maximum Gasteiger partial charge on any atom is 0.331 e. The van der Waals surface area contributed by atoms with E-state index in [-0.39, 0.29) is 5.91 Å². The average Bonchev–Trinajstić information content (AvgIpc) is 2.50. The van der Waals surface area contributed by atoms with Crippen molar-refractivity contribution in [3.63, 3.8) is 0 Å². The van der Waals surface area contributed by atoms with E-state index in [1.807, 2.05) is 18.2 Å². The Morgan fingerprint density at radius 3 is 2.81 bits per heavy atom. The third-order valence-corrected chi connectivity index (χ3v) is 3.83. The molecule has 0 bridgehead atoms. The van der Waals surface area contributed by atoms with Gasteiger partial charge in [0.2, 0.25) is 5.91 Å². The molecular weight excluding hydrogens is 270 g/mol. The van der Waals surface area contributed by atoms with Gasteiger partial charge in [-0.3, -0.25) is 4.79 Å². The summed E-state index contributed by atoms with van der Waals surface area (Å²) < 4.78 is 4.96. The van der Waals surface area contributed by atoms with E-state index < -0.39 is 12.0 Å². The first-order valence-electron chi connectivity index (χ1n) is 7.24. The number of carbonyl (C=O) groups excluding carboxylic acids is 1. The van der Waals surface area contributed by atoms with Crippen LogP contribution >= 0.6 is 0 Å². The molecule has 1 aromatic carbocycles. The molecule has 2 rings (SSSR count). The molecule has 5 heteroatoms. The lowest BCUT2D eigenvalue weighted by Crippen LogP contribution is -2.43. The lowest BCUT2D eigenvalue weighted by atomic mass is 9.92. The van der Waals surface area contributed by atoms with Crippen LogP contribution in [0.5, 0.6) is 0 Å². The van der Waals surface area contributed by atoms with E-state index in [1.54, 1.807) is 13.2 Å². The Balaban J connectivity index is 2.09. The number of aliphatic carboxylic acids is 1. The quantitative estimate of drug-likeness (QED) is 0.814. The van der Waals surface area contributed by atoms with Crippen LogP contribution in [0.25, 0.3) is 0 Å². The fraction of sp³-hybridized carbons (Fsp3) is 0.500. The number of amides is 1. The van der Waals surface area contributed by atoms with Crippen molar-refractivity contribution in [2.24, 2.45) is 0 Å². The van der Waals surface area contributed by atoms with Crippen molar-refractivity contribution in [1.82, 2.24) is 4.90 Å².